The first-order valence-corrected chi connectivity index (χ1v) is 4.45. The smallest absolute Gasteiger partial charge is 0.330 e. The van der Waals surface area contributed by atoms with Crippen molar-refractivity contribution in [2.75, 3.05) is 13.7 Å². The molecule has 14 heavy (non-hydrogen) atoms. The van der Waals surface area contributed by atoms with E-state index in [1.165, 1.54) is 7.11 Å². The molecular weight excluding hydrogens is 184 g/mol. The molecule has 0 saturated heterocycles. The van der Waals surface area contributed by atoms with Gasteiger partial charge in [-0.05, 0) is 13.8 Å². The van der Waals surface area contributed by atoms with Gasteiger partial charge < -0.3 is 15.8 Å². The van der Waals surface area contributed by atoms with E-state index >= 15 is 0 Å². The second-order valence-electron chi connectivity index (χ2n) is 3.74. The van der Waals surface area contributed by atoms with Crippen molar-refractivity contribution in [2.45, 2.75) is 26.3 Å². The summed E-state index contributed by atoms with van der Waals surface area (Å²) in [6.07, 6.45) is 0. The van der Waals surface area contributed by atoms with Crippen LogP contribution < -0.4 is 11.1 Å². The van der Waals surface area contributed by atoms with Crippen LogP contribution in [0.3, 0.4) is 0 Å². The van der Waals surface area contributed by atoms with E-state index in [4.69, 9.17) is 5.73 Å². The number of amides is 1. The number of hydrogen-bond donors (Lipinski definition) is 2. The van der Waals surface area contributed by atoms with Crippen molar-refractivity contribution < 1.29 is 14.3 Å². The topological polar surface area (TPSA) is 81.4 Å². The fraction of sp³-hybridized carbons (Fsp3) is 0.778. The summed E-state index contributed by atoms with van der Waals surface area (Å²) in [4.78, 5) is 22.6. The zero-order valence-electron chi connectivity index (χ0n) is 9.09. The van der Waals surface area contributed by atoms with E-state index in [1.54, 1.807) is 20.8 Å². The minimum Gasteiger partial charge on any atom is -0.467 e. The third-order valence-corrected chi connectivity index (χ3v) is 1.93. The van der Waals surface area contributed by atoms with Crippen LogP contribution in [-0.4, -0.2) is 31.1 Å². The van der Waals surface area contributed by atoms with Crippen molar-refractivity contribution in [1.82, 2.24) is 5.32 Å². The molecule has 0 radical (unpaired) electrons. The SMILES string of the molecule is COC(=O)C(C)(C)NC(=O)C(C)CN. The fourth-order valence-electron chi connectivity index (χ4n) is 0.844. The van der Waals surface area contributed by atoms with Gasteiger partial charge >= 0.3 is 5.97 Å². The first-order chi connectivity index (χ1) is 6.35. The third kappa shape index (κ3) is 3.33. The Labute approximate surface area is 84.0 Å². The molecule has 0 heterocycles. The largest absolute Gasteiger partial charge is 0.467 e. The van der Waals surface area contributed by atoms with E-state index < -0.39 is 11.5 Å². The number of esters is 1. The molecule has 0 aliphatic carbocycles. The number of methoxy groups -OCH3 is 1. The fourth-order valence-corrected chi connectivity index (χ4v) is 0.844. The van der Waals surface area contributed by atoms with Crippen molar-refractivity contribution >= 4 is 11.9 Å². The van der Waals surface area contributed by atoms with Gasteiger partial charge in [0, 0.05) is 12.5 Å². The molecular formula is C9H18N2O3. The molecule has 1 atom stereocenters. The summed E-state index contributed by atoms with van der Waals surface area (Å²) in [5.41, 5.74) is 4.32. The number of nitrogens with two attached hydrogens (primary N) is 1. The van der Waals surface area contributed by atoms with Gasteiger partial charge in [0.25, 0.3) is 0 Å². The highest BCUT2D eigenvalue weighted by molar-refractivity contribution is 5.88. The van der Waals surface area contributed by atoms with Gasteiger partial charge in [0.05, 0.1) is 7.11 Å². The van der Waals surface area contributed by atoms with Crippen LogP contribution in [0.1, 0.15) is 20.8 Å². The quantitative estimate of drug-likeness (QED) is 0.610. The maximum atomic E-state index is 11.4. The summed E-state index contributed by atoms with van der Waals surface area (Å²) in [6.45, 7) is 5.12. The zero-order chi connectivity index (χ0) is 11.4. The highest BCUT2D eigenvalue weighted by Crippen LogP contribution is 2.06. The standard InChI is InChI=1S/C9H18N2O3/c1-6(5-10)7(12)11-9(2,3)8(13)14-4/h6H,5,10H2,1-4H3,(H,11,12). The Balaban J connectivity index is 4.36. The number of ether oxygens (including phenoxy) is 1. The first-order valence-electron chi connectivity index (χ1n) is 4.45. The van der Waals surface area contributed by atoms with E-state index in [0.29, 0.717) is 0 Å². The predicted molar refractivity (Wildman–Crippen MR) is 52.5 cm³/mol. The second-order valence-corrected chi connectivity index (χ2v) is 3.74. The van der Waals surface area contributed by atoms with Crippen LogP contribution in [-0.2, 0) is 14.3 Å². The number of carbonyl (C=O) groups is 2. The van der Waals surface area contributed by atoms with Gasteiger partial charge in [0.2, 0.25) is 5.91 Å². The van der Waals surface area contributed by atoms with Crippen molar-refractivity contribution in [3.63, 3.8) is 0 Å². The van der Waals surface area contributed by atoms with Crippen LogP contribution in [0.4, 0.5) is 0 Å². The lowest BCUT2D eigenvalue weighted by molar-refractivity contribution is -0.149. The van der Waals surface area contributed by atoms with Gasteiger partial charge in [-0.15, -0.1) is 0 Å². The molecule has 0 rings (SSSR count). The number of carbonyl (C=O) groups excluding carboxylic acids is 2. The highest BCUT2D eigenvalue weighted by Gasteiger charge is 2.31. The molecule has 0 bridgehead atoms. The molecule has 82 valence electrons. The van der Waals surface area contributed by atoms with E-state index in [9.17, 15) is 9.59 Å². The number of hydrogen-bond acceptors (Lipinski definition) is 4. The van der Waals surface area contributed by atoms with Crippen molar-refractivity contribution in [3.8, 4) is 0 Å². The Morgan fingerprint density at radius 2 is 2.00 bits per heavy atom. The lowest BCUT2D eigenvalue weighted by Gasteiger charge is -2.24. The molecule has 0 saturated carbocycles. The molecule has 0 aromatic rings. The van der Waals surface area contributed by atoms with Gasteiger partial charge in [-0.25, -0.2) is 4.79 Å². The number of nitrogens with one attached hydrogen (secondary N) is 1. The Morgan fingerprint density at radius 1 is 1.50 bits per heavy atom. The summed E-state index contributed by atoms with van der Waals surface area (Å²) in [6, 6.07) is 0. The molecule has 5 nitrogen and oxygen atoms in total. The van der Waals surface area contributed by atoms with Gasteiger partial charge in [-0.1, -0.05) is 6.92 Å². The summed E-state index contributed by atoms with van der Waals surface area (Å²) in [5, 5.41) is 2.56. The van der Waals surface area contributed by atoms with Crippen molar-refractivity contribution in [2.24, 2.45) is 11.7 Å². The second kappa shape index (κ2) is 4.95. The van der Waals surface area contributed by atoms with Crippen molar-refractivity contribution in [3.05, 3.63) is 0 Å². The summed E-state index contributed by atoms with van der Waals surface area (Å²) in [7, 11) is 1.28. The molecule has 0 aliphatic rings. The molecule has 1 amide bonds. The van der Waals surface area contributed by atoms with E-state index in [-0.39, 0.29) is 18.4 Å². The molecule has 0 aromatic heterocycles. The van der Waals surface area contributed by atoms with E-state index in [0.717, 1.165) is 0 Å². The van der Waals surface area contributed by atoms with Crippen LogP contribution in [0.5, 0.6) is 0 Å². The molecule has 0 spiro atoms. The van der Waals surface area contributed by atoms with Crippen molar-refractivity contribution in [1.29, 1.82) is 0 Å². The van der Waals surface area contributed by atoms with Gasteiger partial charge in [-0.2, -0.15) is 0 Å². The minimum absolute atomic E-state index is 0.247. The normalized spacial score (nSPS) is 13.2. The lowest BCUT2D eigenvalue weighted by atomic mass is 10.0. The molecule has 3 N–H and O–H groups in total. The molecule has 5 heteroatoms. The Morgan fingerprint density at radius 3 is 2.36 bits per heavy atom. The van der Waals surface area contributed by atoms with Crippen LogP contribution in [0.25, 0.3) is 0 Å². The number of rotatable bonds is 4. The average Bonchev–Trinajstić information content (AvgIpc) is 2.14. The monoisotopic (exact) mass is 202 g/mol. The molecule has 1 unspecified atom stereocenters. The maximum absolute atomic E-state index is 11.4. The summed E-state index contributed by atoms with van der Waals surface area (Å²) in [5.74, 6) is -1.03. The lowest BCUT2D eigenvalue weighted by Crippen LogP contribution is -2.52. The molecule has 0 aliphatic heterocycles. The average molecular weight is 202 g/mol. The zero-order valence-corrected chi connectivity index (χ0v) is 9.09. The van der Waals surface area contributed by atoms with Crippen LogP contribution in [0.2, 0.25) is 0 Å². The molecule has 0 aromatic carbocycles. The van der Waals surface area contributed by atoms with Crippen LogP contribution >= 0.6 is 0 Å². The Bertz CT molecular complexity index is 226. The Hall–Kier alpha value is -1.10. The van der Waals surface area contributed by atoms with Gasteiger partial charge in [0.1, 0.15) is 5.54 Å². The van der Waals surface area contributed by atoms with Gasteiger partial charge in [0.15, 0.2) is 0 Å². The van der Waals surface area contributed by atoms with Crippen LogP contribution in [0.15, 0.2) is 0 Å². The summed E-state index contributed by atoms with van der Waals surface area (Å²) >= 11 is 0. The predicted octanol–water partition coefficient (Wildman–Crippen LogP) is -0.351. The summed E-state index contributed by atoms with van der Waals surface area (Å²) < 4.78 is 4.54. The van der Waals surface area contributed by atoms with E-state index in [1.807, 2.05) is 0 Å². The van der Waals surface area contributed by atoms with Crippen LogP contribution in [0, 0.1) is 5.92 Å². The third-order valence-electron chi connectivity index (χ3n) is 1.93. The maximum Gasteiger partial charge on any atom is 0.330 e. The van der Waals surface area contributed by atoms with Gasteiger partial charge in [-0.3, -0.25) is 4.79 Å². The highest BCUT2D eigenvalue weighted by atomic mass is 16.5. The first kappa shape index (κ1) is 12.9. The Kier molecular flexibility index (Phi) is 4.56. The van der Waals surface area contributed by atoms with E-state index in [2.05, 4.69) is 10.1 Å². The minimum atomic E-state index is -1.00. The molecule has 0 fully saturated rings.